The molecule has 0 aliphatic heterocycles. The van der Waals surface area contributed by atoms with E-state index in [9.17, 15) is 9.90 Å². The van der Waals surface area contributed by atoms with Gasteiger partial charge in [-0.25, -0.2) is 5.43 Å². The summed E-state index contributed by atoms with van der Waals surface area (Å²) in [4.78, 5) is 12.1. The lowest BCUT2D eigenvalue weighted by molar-refractivity contribution is -0.123. The molecule has 0 heterocycles. The van der Waals surface area contributed by atoms with Crippen LogP contribution in [0.2, 0.25) is 0 Å². The molecule has 3 aromatic carbocycles. The van der Waals surface area contributed by atoms with E-state index in [4.69, 9.17) is 9.47 Å². The van der Waals surface area contributed by atoms with Crippen molar-refractivity contribution in [3.8, 4) is 28.4 Å². The predicted octanol–water partition coefficient (Wildman–Crippen LogP) is 4.75. The first-order chi connectivity index (χ1) is 14.6. The van der Waals surface area contributed by atoms with Gasteiger partial charge in [-0.05, 0) is 52.2 Å². The number of carbonyl (C=O) groups is 1. The Morgan fingerprint density at radius 3 is 2.57 bits per heavy atom. The molecule has 0 aromatic heterocycles. The number of phenols is 1. The molecule has 1 amide bonds. The fourth-order valence-electron chi connectivity index (χ4n) is 2.74. The number of amides is 1. The van der Waals surface area contributed by atoms with Crippen LogP contribution in [-0.2, 0) is 4.79 Å². The van der Waals surface area contributed by atoms with Gasteiger partial charge in [-0.1, -0.05) is 48.5 Å². The minimum absolute atomic E-state index is 0.0171. The van der Waals surface area contributed by atoms with Crippen molar-refractivity contribution in [2.45, 2.75) is 6.92 Å². The zero-order valence-electron chi connectivity index (χ0n) is 16.3. The van der Waals surface area contributed by atoms with Crippen molar-refractivity contribution >= 4 is 28.1 Å². The molecule has 0 unspecified atom stereocenters. The number of para-hydroxylation sites is 1. The van der Waals surface area contributed by atoms with Gasteiger partial charge in [0.15, 0.2) is 18.1 Å². The molecule has 3 aromatic rings. The second kappa shape index (κ2) is 10.5. The average molecular weight is 469 g/mol. The smallest absolute Gasteiger partial charge is 0.277 e. The normalized spacial score (nSPS) is 10.7. The third-order valence-corrected chi connectivity index (χ3v) is 4.69. The number of hydrogen-bond donors (Lipinski definition) is 2. The van der Waals surface area contributed by atoms with Crippen molar-refractivity contribution in [3.05, 3.63) is 76.8 Å². The number of halogens is 1. The SMILES string of the molecule is CCOc1cc(/C=N/NC(=O)COc2ccccc2-c2ccccc2)cc(Br)c1O. The fraction of sp³-hybridized carbons (Fsp3) is 0.130. The van der Waals surface area contributed by atoms with Crippen LogP contribution in [0.4, 0.5) is 0 Å². The molecule has 6 nitrogen and oxygen atoms in total. The van der Waals surface area contributed by atoms with Gasteiger partial charge in [0.1, 0.15) is 5.75 Å². The maximum Gasteiger partial charge on any atom is 0.277 e. The van der Waals surface area contributed by atoms with E-state index in [2.05, 4.69) is 26.5 Å². The van der Waals surface area contributed by atoms with Crippen LogP contribution in [0.15, 0.2) is 76.3 Å². The van der Waals surface area contributed by atoms with Crippen molar-refractivity contribution in [2.24, 2.45) is 5.10 Å². The fourth-order valence-corrected chi connectivity index (χ4v) is 3.20. The zero-order valence-corrected chi connectivity index (χ0v) is 17.9. The molecule has 2 N–H and O–H groups in total. The van der Waals surface area contributed by atoms with Crippen LogP contribution in [0.5, 0.6) is 17.2 Å². The summed E-state index contributed by atoms with van der Waals surface area (Å²) in [6.07, 6.45) is 1.46. The Kier molecular flexibility index (Phi) is 7.45. The number of benzene rings is 3. The van der Waals surface area contributed by atoms with E-state index in [1.807, 2.05) is 61.5 Å². The van der Waals surface area contributed by atoms with Gasteiger partial charge in [-0.2, -0.15) is 5.10 Å². The Morgan fingerprint density at radius 1 is 1.07 bits per heavy atom. The predicted molar refractivity (Wildman–Crippen MR) is 120 cm³/mol. The number of phenolic OH excluding ortho intramolecular Hbond substituents is 1. The van der Waals surface area contributed by atoms with Gasteiger partial charge in [0.05, 0.1) is 17.3 Å². The highest BCUT2D eigenvalue weighted by Gasteiger charge is 2.09. The third-order valence-electron chi connectivity index (χ3n) is 4.08. The van der Waals surface area contributed by atoms with E-state index in [1.165, 1.54) is 6.21 Å². The summed E-state index contributed by atoms with van der Waals surface area (Å²) >= 11 is 3.27. The second-order valence-corrected chi connectivity index (χ2v) is 7.08. The summed E-state index contributed by atoms with van der Waals surface area (Å²) in [6, 6.07) is 20.7. The minimum Gasteiger partial charge on any atom is -0.503 e. The third kappa shape index (κ3) is 5.61. The Labute approximate surface area is 183 Å². The van der Waals surface area contributed by atoms with Gasteiger partial charge < -0.3 is 14.6 Å². The highest BCUT2D eigenvalue weighted by Crippen LogP contribution is 2.35. The summed E-state index contributed by atoms with van der Waals surface area (Å²) in [5.41, 5.74) is 5.00. The number of nitrogens with zero attached hydrogens (tertiary/aromatic N) is 1. The molecule has 0 bridgehead atoms. The van der Waals surface area contributed by atoms with E-state index in [0.29, 0.717) is 28.1 Å². The van der Waals surface area contributed by atoms with Gasteiger partial charge in [-0.15, -0.1) is 0 Å². The van der Waals surface area contributed by atoms with E-state index in [1.54, 1.807) is 12.1 Å². The van der Waals surface area contributed by atoms with Crippen LogP contribution in [0.3, 0.4) is 0 Å². The van der Waals surface area contributed by atoms with Crippen LogP contribution >= 0.6 is 15.9 Å². The zero-order chi connectivity index (χ0) is 21.3. The van der Waals surface area contributed by atoms with Gasteiger partial charge in [0.2, 0.25) is 0 Å². The number of hydrogen-bond acceptors (Lipinski definition) is 5. The summed E-state index contributed by atoms with van der Waals surface area (Å²) in [5.74, 6) is 0.577. The molecule has 0 spiro atoms. The quantitative estimate of drug-likeness (QED) is 0.369. The lowest BCUT2D eigenvalue weighted by Gasteiger charge is -2.11. The Bertz CT molecular complexity index is 1040. The van der Waals surface area contributed by atoms with Crippen molar-refractivity contribution in [3.63, 3.8) is 0 Å². The number of nitrogens with one attached hydrogen (secondary N) is 1. The van der Waals surface area contributed by atoms with Gasteiger partial charge in [0, 0.05) is 5.56 Å². The van der Waals surface area contributed by atoms with Crippen molar-refractivity contribution < 1.29 is 19.4 Å². The number of rotatable bonds is 8. The molecular weight excluding hydrogens is 448 g/mol. The Balaban J connectivity index is 1.60. The van der Waals surface area contributed by atoms with Crippen LogP contribution in [-0.4, -0.2) is 30.4 Å². The number of hydrazone groups is 1. The topological polar surface area (TPSA) is 80.2 Å². The number of carbonyl (C=O) groups excluding carboxylic acids is 1. The highest BCUT2D eigenvalue weighted by atomic mass is 79.9. The van der Waals surface area contributed by atoms with Crippen LogP contribution in [0, 0.1) is 0 Å². The minimum atomic E-state index is -0.392. The molecule has 30 heavy (non-hydrogen) atoms. The monoisotopic (exact) mass is 468 g/mol. The molecule has 0 fully saturated rings. The standard InChI is InChI=1S/C23H21BrN2O4/c1-2-29-21-13-16(12-19(24)23(21)28)14-25-26-22(27)15-30-20-11-7-6-10-18(20)17-8-4-3-5-9-17/h3-14,28H,2,15H2,1H3,(H,26,27)/b25-14+. The highest BCUT2D eigenvalue weighted by molar-refractivity contribution is 9.10. The van der Waals surface area contributed by atoms with Crippen LogP contribution in [0.25, 0.3) is 11.1 Å². The van der Waals surface area contributed by atoms with E-state index in [0.717, 1.165) is 11.1 Å². The molecule has 0 saturated heterocycles. The molecular formula is C23H21BrN2O4. The van der Waals surface area contributed by atoms with Crippen LogP contribution in [0.1, 0.15) is 12.5 Å². The lowest BCUT2D eigenvalue weighted by Crippen LogP contribution is -2.24. The number of ether oxygens (including phenoxy) is 2. The molecule has 154 valence electrons. The van der Waals surface area contributed by atoms with Gasteiger partial charge >= 0.3 is 0 Å². The van der Waals surface area contributed by atoms with Crippen LogP contribution < -0.4 is 14.9 Å². The second-order valence-electron chi connectivity index (χ2n) is 6.23. The Morgan fingerprint density at radius 2 is 1.80 bits per heavy atom. The summed E-state index contributed by atoms with van der Waals surface area (Å²) in [5, 5.41) is 13.9. The Hall–Kier alpha value is -3.32. The molecule has 0 aliphatic rings. The molecule has 7 heteroatoms. The average Bonchev–Trinajstić information content (AvgIpc) is 2.76. The maximum atomic E-state index is 12.1. The first-order valence-electron chi connectivity index (χ1n) is 9.33. The largest absolute Gasteiger partial charge is 0.503 e. The molecule has 3 rings (SSSR count). The number of aromatic hydroxyl groups is 1. The molecule has 0 aliphatic carbocycles. The molecule has 0 atom stereocenters. The van der Waals surface area contributed by atoms with Crippen molar-refractivity contribution in [1.82, 2.24) is 5.43 Å². The summed E-state index contributed by atoms with van der Waals surface area (Å²) < 4.78 is 11.5. The van der Waals surface area contributed by atoms with Crippen molar-refractivity contribution in [1.29, 1.82) is 0 Å². The maximum absolute atomic E-state index is 12.1. The first-order valence-corrected chi connectivity index (χ1v) is 10.1. The molecule has 0 radical (unpaired) electrons. The van der Waals surface area contributed by atoms with Crippen molar-refractivity contribution in [2.75, 3.05) is 13.2 Å². The summed E-state index contributed by atoms with van der Waals surface area (Å²) in [6.45, 7) is 2.06. The lowest BCUT2D eigenvalue weighted by atomic mass is 10.1. The van der Waals surface area contributed by atoms with E-state index < -0.39 is 5.91 Å². The summed E-state index contributed by atoms with van der Waals surface area (Å²) in [7, 11) is 0. The molecule has 0 saturated carbocycles. The van der Waals surface area contributed by atoms with Gasteiger partial charge in [-0.3, -0.25) is 4.79 Å². The van der Waals surface area contributed by atoms with E-state index >= 15 is 0 Å². The first kappa shape index (κ1) is 21.4. The van der Waals surface area contributed by atoms with Gasteiger partial charge in [0.25, 0.3) is 5.91 Å². The van der Waals surface area contributed by atoms with E-state index in [-0.39, 0.29) is 12.4 Å².